The molecule has 1 aliphatic rings. The first-order valence-corrected chi connectivity index (χ1v) is 11.3. The van der Waals surface area contributed by atoms with Crippen molar-refractivity contribution < 1.29 is 33.9 Å². The van der Waals surface area contributed by atoms with Gasteiger partial charge in [0.1, 0.15) is 17.8 Å². The Morgan fingerprint density at radius 1 is 1.15 bits per heavy atom. The minimum absolute atomic E-state index is 0.227. The number of hydrogen-bond donors (Lipinski definition) is 2. The monoisotopic (exact) mass is 468 g/mol. The number of benzene rings is 2. The van der Waals surface area contributed by atoms with Crippen molar-refractivity contribution in [2.45, 2.75) is 64.1 Å². The summed E-state index contributed by atoms with van der Waals surface area (Å²) in [6, 6.07) is 15.6. The zero-order valence-corrected chi connectivity index (χ0v) is 20.0. The van der Waals surface area contributed by atoms with Crippen LogP contribution < -0.4 is 15.3 Å². The molecule has 8 nitrogen and oxygen atoms in total. The third-order valence-electron chi connectivity index (χ3n) is 7.11. The molecule has 0 spiro atoms. The van der Waals surface area contributed by atoms with Crippen LogP contribution in [0.2, 0.25) is 0 Å². The fourth-order valence-electron chi connectivity index (χ4n) is 5.23. The molecule has 1 heterocycles. The molecule has 2 aromatic carbocycles. The van der Waals surface area contributed by atoms with E-state index in [0.29, 0.717) is 17.9 Å². The predicted molar refractivity (Wildman–Crippen MR) is 122 cm³/mol. The lowest BCUT2D eigenvalue weighted by molar-refractivity contribution is -0.906. The molecule has 1 fully saturated rings. The molecule has 3 atom stereocenters. The van der Waals surface area contributed by atoms with Gasteiger partial charge in [0.25, 0.3) is 0 Å². The Bertz CT molecular complexity index is 1050. The maximum absolute atomic E-state index is 14.2. The van der Waals surface area contributed by atoms with Crippen LogP contribution >= 0.6 is 0 Å². The van der Waals surface area contributed by atoms with Gasteiger partial charge in [-0.25, -0.2) is 14.8 Å². The predicted octanol–water partition coefficient (Wildman–Crippen LogP) is 2.08. The van der Waals surface area contributed by atoms with Crippen LogP contribution in [-0.2, 0) is 26.4 Å². The van der Waals surface area contributed by atoms with Crippen LogP contribution in [0.25, 0.3) is 0 Å². The fraction of sp³-hybridized carbons (Fsp3) is 0.423. The molecule has 0 bridgehead atoms. The molecule has 2 aromatic rings. The van der Waals surface area contributed by atoms with Crippen molar-refractivity contribution in [3.8, 4) is 5.75 Å². The molecule has 182 valence electrons. The Labute approximate surface area is 199 Å². The second kappa shape index (κ2) is 9.56. The number of aliphatic carboxylic acids is 1. The van der Waals surface area contributed by atoms with Gasteiger partial charge in [0, 0.05) is 18.8 Å². The topological polar surface area (TPSA) is 116 Å². The highest BCUT2D eigenvalue weighted by Crippen LogP contribution is 2.48. The Morgan fingerprint density at radius 2 is 1.76 bits per heavy atom. The van der Waals surface area contributed by atoms with Crippen molar-refractivity contribution in [1.82, 2.24) is 5.48 Å². The number of nitrogens with one attached hydrogen (secondary N) is 1. The van der Waals surface area contributed by atoms with Gasteiger partial charge in [0.15, 0.2) is 6.04 Å². The number of likely N-dealkylation sites (tertiary alicyclic amines) is 1. The maximum Gasteiger partial charge on any atom is 0.325 e. The Kier molecular flexibility index (Phi) is 7.14. The third-order valence-corrected chi connectivity index (χ3v) is 7.11. The van der Waals surface area contributed by atoms with Crippen molar-refractivity contribution >= 4 is 17.8 Å². The number of nitrogens with zero attached hydrogens (tertiary/aromatic N) is 1. The Balaban J connectivity index is 1.98. The Hall–Kier alpha value is -3.23. The van der Waals surface area contributed by atoms with Gasteiger partial charge in [-0.3, -0.25) is 10.0 Å². The van der Waals surface area contributed by atoms with Crippen LogP contribution in [0.5, 0.6) is 5.75 Å². The number of ether oxygens (including phenoxy) is 1. The number of hydrogen-bond acceptors (Lipinski definition) is 6. The van der Waals surface area contributed by atoms with Gasteiger partial charge < -0.3 is 14.6 Å². The van der Waals surface area contributed by atoms with Crippen LogP contribution in [-0.4, -0.2) is 45.6 Å². The van der Waals surface area contributed by atoms with Gasteiger partial charge in [0.05, 0.1) is 12.1 Å². The second-order valence-electron chi connectivity index (χ2n) is 9.90. The van der Waals surface area contributed by atoms with E-state index in [2.05, 4.69) is 0 Å². The van der Waals surface area contributed by atoms with Gasteiger partial charge in [-0.1, -0.05) is 42.5 Å². The van der Waals surface area contributed by atoms with Gasteiger partial charge in [0.2, 0.25) is 0 Å². The van der Waals surface area contributed by atoms with Crippen molar-refractivity contribution in [2.75, 3.05) is 6.54 Å². The average Bonchev–Trinajstić information content (AvgIpc) is 3.11. The molecule has 0 saturated carbocycles. The number of quaternary nitrogens is 1. The standard InChI is InChI=1S/C26H32N2O6/c1-18(23(31)27-33)28(25(2,3)4)15-14-26(24(28)32,16-22(29)30)20-10-12-21(13-11-20)34-17-19-8-6-5-7-9-19/h5-13,18H,14-17H2,1-4H3,(H2-,27,29,30,31,33)/t18?,26?,28-/m0/s1. The van der Waals surface area contributed by atoms with E-state index in [9.17, 15) is 24.7 Å². The summed E-state index contributed by atoms with van der Waals surface area (Å²) >= 11 is 0. The van der Waals surface area contributed by atoms with Gasteiger partial charge in [-0.15, -0.1) is 0 Å². The van der Waals surface area contributed by atoms with Crippen molar-refractivity contribution in [2.24, 2.45) is 0 Å². The number of carboxylic acids is 1. The van der Waals surface area contributed by atoms with Crippen molar-refractivity contribution in [3.63, 3.8) is 0 Å². The fourth-order valence-corrected chi connectivity index (χ4v) is 5.23. The summed E-state index contributed by atoms with van der Waals surface area (Å²) in [5.41, 5.74) is 1.10. The number of hydroxylamine groups is 1. The third kappa shape index (κ3) is 4.43. The smallest absolute Gasteiger partial charge is 0.325 e. The minimum atomic E-state index is -1.37. The van der Waals surface area contributed by atoms with Crippen LogP contribution in [0, 0.1) is 0 Å². The van der Waals surface area contributed by atoms with Gasteiger partial charge in [-0.2, -0.15) is 0 Å². The highest BCUT2D eigenvalue weighted by Gasteiger charge is 2.66. The highest BCUT2D eigenvalue weighted by atomic mass is 16.5. The number of carboxylic acid groups (broad SMARTS) is 1. The first-order chi connectivity index (χ1) is 16.0. The minimum Gasteiger partial charge on any atom is -0.550 e. The van der Waals surface area contributed by atoms with Crippen LogP contribution in [0.15, 0.2) is 54.6 Å². The van der Waals surface area contributed by atoms with E-state index < -0.39 is 35.3 Å². The molecule has 0 aliphatic carbocycles. The summed E-state index contributed by atoms with van der Waals surface area (Å²) in [6.45, 7) is 7.70. The lowest BCUT2D eigenvalue weighted by atomic mass is 9.75. The zero-order valence-electron chi connectivity index (χ0n) is 20.0. The summed E-state index contributed by atoms with van der Waals surface area (Å²) in [5, 5.41) is 21.1. The largest absolute Gasteiger partial charge is 0.550 e. The molecule has 1 saturated heterocycles. The molecular weight excluding hydrogens is 436 g/mol. The van der Waals surface area contributed by atoms with E-state index in [1.54, 1.807) is 36.7 Å². The summed E-state index contributed by atoms with van der Waals surface area (Å²) in [6.07, 6.45) is -0.274. The quantitative estimate of drug-likeness (QED) is 0.348. The summed E-state index contributed by atoms with van der Waals surface area (Å²) in [5.74, 6) is -1.83. The molecule has 0 aromatic heterocycles. The maximum atomic E-state index is 14.2. The molecule has 2 N–H and O–H groups in total. The summed E-state index contributed by atoms with van der Waals surface area (Å²) in [4.78, 5) is 38.4. The van der Waals surface area contributed by atoms with Gasteiger partial charge in [-0.05, 0) is 51.0 Å². The first kappa shape index (κ1) is 25.4. The van der Waals surface area contributed by atoms with Gasteiger partial charge >= 0.3 is 11.8 Å². The normalized spacial score (nSPS) is 23.4. The van der Waals surface area contributed by atoms with Crippen molar-refractivity contribution in [3.05, 3.63) is 65.7 Å². The van der Waals surface area contributed by atoms with E-state index in [0.717, 1.165) is 5.56 Å². The van der Waals surface area contributed by atoms with E-state index in [-0.39, 0.29) is 23.4 Å². The number of rotatable bonds is 8. The SMILES string of the molecule is CC(C(=O)NO)[N@@+]1(C(C)(C)C)CCC(CC(=O)[O-])(c2ccc(OCc3ccccc3)cc2)C1=O. The van der Waals surface area contributed by atoms with Crippen LogP contribution in [0.3, 0.4) is 0 Å². The molecule has 0 radical (unpaired) electrons. The average molecular weight is 469 g/mol. The highest BCUT2D eigenvalue weighted by molar-refractivity contribution is 5.91. The van der Waals surface area contributed by atoms with Crippen LogP contribution in [0.1, 0.15) is 51.7 Å². The van der Waals surface area contributed by atoms with Crippen LogP contribution in [0.4, 0.5) is 0 Å². The molecule has 2 amide bonds. The molecule has 8 heteroatoms. The molecule has 1 aliphatic heterocycles. The summed E-state index contributed by atoms with van der Waals surface area (Å²) in [7, 11) is 0. The number of carbonyl (C=O) groups is 3. The number of amides is 2. The van der Waals surface area contributed by atoms with E-state index >= 15 is 0 Å². The Morgan fingerprint density at radius 3 is 2.29 bits per heavy atom. The molecular formula is C26H32N2O6. The molecule has 3 rings (SSSR count). The van der Waals surface area contributed by atoms with E-state index in [1.165, 1.54) is 0 Å². The van der Waals surface area contributed by atoms with E-state index in [4.69, 9.17) is 4.74 Å². The summed E-state index contributed by atoms with van der Waals surface area (Å²) < 4.78 is 5.54. The van der Waals surface area contributed by atoms with E-state index in [1.807, 2.05) is 51.1 Å². The molecule has 2 unspecified atom stereocenters. The second-order valence-corrected chi connectivity index (χ2v) is 9.90. The zero-order chi connectivity index (χ0) is 25.1. The number of carbonyl (C=O) groups excluding carboxylic acids is 3. The first-order valence-electron chi connectivity index (χ1n) is 11.3. The molecule has 34 heavy (non-hydrogen) atoms. The van der Waals surface area contributed by atoms with Crippen molar-refractivity contribution in [1.29, 1.82) is 0 Å². The lowest BCUT2D eigenvalue weighted by Crippen LogP contribution is -2.70. The lowest BCUT2D eigenvalue weighted by Gasteiger charge is -2.47.